The number of rotatable bonds is 2. The molecule has 1 aromatic heterocycles. The van der Waals surface area contributed by atoms with Gasteiger partial charge in [0.05, 0.1) is 10.2 Å². The number of hydrogen-bond donors (Lipinski definition) is 0. The number of aromatic nitrogens is 3. The SMILES string of the molecule is Fc1ccc(-n2c(Cl)nnc2C2CC2)cc1Br. The molecule has 0 unspecified atom stereocenters. The van der Waals surface area contributed by atoms with Gasteiger partial charge in [0.2, 0.25) is 5.28 Å². The molecule has 0 N–H and O–H groups in total. The molecule has 1 aliphatic rings. The number of benzene rings is 1. The Morgan fingerprint density at radius 2 is 2.12 bits per heavy atom. The molecule has 1 heterocycles. The predicted octanol–water partition coefficient (Wildman–Crippen LogP) is 3.70. The fraction of sp³-hybridized carbons (Fsp3) is 0.273. The van der Waals surface area contributed by atoms with Gasteiger partial charge in [-0.25, -0.2) is 4.39 Å². The van der Waals surface area contributed by atoms with Crippen molar-refractivity contribution < 1.29 is 4.39 Å². The first-order valence-corrected chi connectivity index (χ1v) is 6.40. The van der Waals surface area contributed by atoms with E-state index in [0.717, 1.165) is 24.4 Å². The van der Waals surface area contributed by atoms with Crippen LogP contribution in [0.3, 0.4) is 0 Å². The van der Waals surface area contributed by atoms with Gasteiger partial charge in [-0.2, -0.15) is 0 Å². The number of nitrogens with zero attached hydrogens (tertiary/aromatic N) is 3. The van der Waals surface area contributed by atoms with Crippen LogP contribution < -0.4 is 0 Å². The lowest BCUT2D eigenvalue weighted by Crippen LogP contribution is -2.00. The van der Waals surface area contributed by atoms with Crippen LogP contribution in [0.25, 0.3) is 5.69 Å². The van der Waals surface area contributed by atoms with Crippen molar-refractivity contribution in [2.45, 2.75) is 18.8 Å². The normalized spacial score (nSPS) is 15.2. The van der Waals surface area contributed by atoms with Crippen LogP contribution in [-0.4, -0.2) is 14.8 Å². The lowest BCUT2D eigenvalue weighted by Gasteiger charge is -2.07. The van der Waals surface area contributed by atoms with Crippen molar-refractivity contribution in [1.29, 1.82) is 0 Å². The molecule has 1 aliphatic carbocycles. The van der Waals surface area contributed by atoms with Crippen LogP contribution in [0.1, 0.15) is 24.6 Å². The van der Waals surface area contributed by atoms with Crippen LogP contribution in [0.15, 0.2) is 22.7 Å². The van der Waals surface area contributed by atoms with Crippen molar-refractivity contribution in [3.63, 3.8) is 0 Å². The van der Waals surface area contributed by atoms with E-state index < -0.39 is 0 Å². The monoisotopic (exact) mass is 315 g/mol. The van der Waals surface area contributed by atoms with E-state index in [4.69, 9.17) is 11.6 Å². The summed E-state index contributed by atoms with van der Waals surface area (Å²) in [6.07, 6.45) is 2.22. The van der Waals surface area contributed by atoms with Crippen LogP contribution >= 0.6 is 27.5 Å². The average molecular weight is 317 g/mol. The van der Waals surface area contributed by atoms with Gasteiger partial charge in [-0.05, 0) is 58.6 Å². The van der Waals surface area contributed by atoms with Crippen LogP contribution in [0.2, 0.25) is 5.28 Å². The molecule has 2 aromatic rings. The largest absolute Gasteiger partial charge is 0.269 e. The highest BCUT2D eigenvalue weighted by Crippen LogP contribution is 2.40. The van der Waals surface area contributed by atoms with Crippen molar-refractivity contribution >= 4 is 27.5 Å². The summed E-state index contributed by atoms with van der Waals surface area (Å²) in [6, 6.07) is 4.74. The zero-order valence-electron chi connectivity index (χ0n) is 8.70. The van der Waals surface area contributed by atoms with E-state index in [9.17, 15) is 4.39 Å². The van der Waals surface area contributed by atoms with E-state index in [1.54, 1.807) is 16.7 Å². The zero-order chi connectivity index (χ0) is 12.0. The molecule has 1 aromatic carbocycles. The molecule has 0 bridgehead atoms. The standard InChI is InChI=1S/C11H8BrClFN3/c12-8-5-7(3-4-9(8)14)17-10(6-1-2-6)15-16-11(17)13/h3-6H,1-2H2. The van der Waals surface area contributed by atoms with E-state index in [1.165, 1.54) is 6.07 Å². The van der Waals surface area contributed by atoms with Crippen molar-refractivity contribution in [1.82, 2.24) is 14.8 Å². The second-order valence-electron chi connectivity index (χ2n) is 4.04. The Balaban J connectivity index is 2.13. The third-order valence-electron chi connectivity index (χ3n) is 2.75. The summed E-state index contributed by atoms with van der Waals surface area (Å²) in [6.45, 7) is 0. The molecule has 3 rings (SSSR count). The van der Waals surface area contributed by atoms with Crippen LogP contribution in [0.5, 0.6) is 0 Å². The summed E-state index contributed by atoms with van der Waals surface area (Å²) in [5.74, 6) is 0.984. The molecule has 17 heavy (non-hydrogen) atoms. The average Bonchev–Trinajstić information content (AvgIpc) is 3.07. The second kappa shape index (κ2) is 4.07. The third kappa shape index (κ3) is 1.98. The first kappa shape index (κ1) is 11.2. The molecular formula is C11H8BrClFN3. The topological polar surface area (TPSA) is 30.7 Å². The van der Waals surface area contributed by atoms with Gasteiger partial charge >= 0.3 is 0 Å². The summed E-state index contributed by atoms with van der Waals surface area (Å²) >= 11 is 9.18. The van der Waals surface area contributed by atoms with Crippen molar-refractivity contribution in [2.75, 3.05) is 0 Å². The Kier molecular flexibility index (Phi) is 2.67. The lowest BCUT2D eigenvalue weighted by atomic mass is 10.3. The summed E-state index contributed by atoms with van der Waals surface area (Å²) in [7, 11) is 0. The lowest BCUT2D eigenvalue weighted by molar-refractivity contribution is 0.620. The van der Waals surface area contributed by atoms with Crippen LogP contribution in [0.4, 0.5) is 4.39 Å². The molecule has 0 saturated heterocycles. The molecule has 1 fully saturated rings. The minimum Gasteiger partial charge on any atom is -0.269 e. The molecule has 0 radical (unpaired) electrons. The van der Waals surface area contributed by atoms with E-state index in [0.29, 0.717) is 15.7 Å². The summed E-state index contributed by atoms with van der Waals surface area (Å²) in [4.78, 5) is 0. The van der Waals surface area contributed by atoms with E-state index in [2.05, 4.69) is 26.1 Å². The highest BCUT2D eigenvalue weighted by atomic mass is 79.9. The molecule has 6 heteroatoms. The predicted molar refractivity (Wildman–Crippen MR) is 66.0 cm³/mol. The summed E-state index contributed by atoms with van der Waals surface area (Å²) in [5, 5.41) is 8.26. The van der Waals surface area contributed by atoms with Crippen molar-refractivity contribution in [3.05, 3.63) is 39.6 Å². The van der Waals surface area contributed by atoms with E-state index in [-0.39, 0.29) is 5.82 Å². The molecule has 0 spiro atoms. The highest BCUT2D eigenvalue weighted by Gasteiger charge is 2.30. The van der Waals surface area contributed by atoms with Gasteiger partial charge in [0.25, 0.3) is 0 Å². The maximum absolute atomic E-state index is 13.2. The Labute approximate surface area is 111 Å². The van der Waals surface area contributed by atoms with Gasteiger partial charge in [0.1, 0.15) is 11.6 Å². The number of hydrogen-bond acceptors (Lipinski definition) is 2. The van der Waals surface area contributed by atoms with Gasteiger partial charge in [-0.1, -0.05) is 0 Å². The third-order valence-corrected chi connectivity index (χ3v) is 3.60. The Bertz CT molecular complexity index is 580. The highest BCUT2D eigenvalue weighted by molar-refractivity contribution is 9.10. The van der Waals surface area contributed by atoms with E-state index in [1.807, 2.05) is 0 Å². The number of halogens is 3. The zero-order valence-corrected chi connectivity index (χ0v) is 11.0. The maximum atomic E-state index is 13.2. The van der Waals surface area contributed by atoms with Crippen LogP contribution in [0, 0.1) is 5.82 Å². The van der Waals surface area contributed by atoms with Crippen molar-refractivity contribution in [3.8, 4) is 5.69 Å². The Morgan fingerprint density at radius 3 is 2.76 bits per heavy atom. The van der Waals surface area contributed by atoms with E-state index >= 15 is 0 Å². The van der Waals surface area contributed by atoms with Gasteiger partial charge in [-0.3, -0.25) is 4.57 Å². The minimum atomic E-state index is -0.300. The Morgan fingerprint density at radius 1 is 1.35 bits per heavy atom. The fourth-order valence-corrected chi connectivity index (χ4v) is 2.33. The van der Waals surface area contributed by atoms with Crippen molar-refractivity contribution in [2.24, 2.45) is 0 Å². The van der Waals surface area contributed by atoms with Gasteiger partial charge in [0, 0.05) is 5.92 Å². The molecule has 0 aliphatic heterocycles. The first-order valence-electron chi connectivity index (χ1n) is 5.23. The minimum absolute atomic E-state index is 0.300. The van der Waals surface area contributed by atoms with Gasteiger partial charge in [-0.15, -0.1) is 10.2 Å². The smallest absolute Gasteiger partial charge is 0.229 e. The molecule has 88 valence electrons. The summed E-state index contributed by atoms with van der Waals surface area (Å²) in [5.41, 5.74) is 0.773. The quantitative estimate of drug-likeness (QED) is 0.846. The molecule has 3 nitrogen and oxygen atoms in total. The van der Waals surface area contributed by atoms with Gasteiger partial charge in [0.15, 0.2) is 0 Å². The van der Waals surface area contributed by atoms with Crippen LogP contribution in [-0.2, 0) is 0 Å². The molecule has 0 amide bonds. The fourth-order valence-electron chi connectivity index (χ4n) is 1.75. The molecular weight excluding hydrogens is 308 g/mol. The van der Waals surface area contributed by atoms with Gasteiger partial charge < -0.3 is 0 Å². The Hall–Kier alpha value is -0.940. The first-order chi connectivity index (χ1) is 8.16. The second-order valence-corrected chi connectivity index (χ2v) is 5.23. The molecule has 1 saturated carbocycles. The molecule has 0 atom stereocenters. The summed E-state index contributed by atoms with van der Waals surface area (Å²) < 4.78 is 15.4. The maximum Gasteiger partial charge on any atom is 0.229 e.